The number of alkyl halides is 3. The van der Waals surface area contributed by atoms with Gasteiger partial charge < -0.3 is 20.5 Å². The number of rotatable bonds is 7. The van der Waals surface area contributed by atoms with E-state index in [1.165, 1.54) is 13.2 Å². The van der Waals surface area contributed by atoms with Crippen LogP contribution >= 0.6 is 12.4 Å². The zero-order valence-electron chi connectivity index (χ0n) is 14.5. The molecule has 1 amide bonds. The maximum atomic E-state index is 12.7. The first-order valence-corrected chi connectivity index (χ1v) is 7.74. The van der Waals surface area contributed by atoms with E-state index in [1.807, 2.05) is 0 Å². The van der Waals surface area contributed by atoms with Gasteiger partial charge in [0.25, 0.3) is 0 Å². The maximum absolute atomic E-state index is 12.7. The zero-order valence-corrected chi connectivity index (χ0v) is 15.3. The lowest BCUT2D eigenvalue weighted by Crippen LogP contribution is -2.39. The molecule has 1 unspecified atom stereocenters. The van der Waals surface area contributed by atoms with Crippen LogP contribution in [0.15, 0.2) is 48.5 Å². The molecule has 0 saturated carbocycles. The van der Waals surface area contributed by atoms with Gasteiger partial charge in [-0.2, -0.15) is 13.2 Å². The van der Waals surface area contributed by atoms with Crippen LogP contribution in [0.25, 0.3) is 0 Å². The third kappa shape index (κ3) is 7.09. The fraction of sp³-hybridized carbons (Fsp3) is 0.278. The van der Waals surface area contributed by atoms with Crippen molar-refractivity contribution in [3.63, 3.8) is 0 Å². The van der Waals surface area contributed by atoms with Gasteiger partial charge in [-0.15, -0.1) is 12.4 Å². The molecule has 2 aromatic carbocycles. The molecule has 9 heteroatoms. The quantitative estimate of drug-likeness (QED) is 0.739. The van der Waals surface area contributed by atoms with Gasteiger partial charge in [-0.05, 0) is 42.0 Å². The summed E-state index contributed by atoms with van der Waals surface area (Å²) in [4.78, 5) is 11.8. The van der Waals surface area contributed by atoms with Gasteiger partial charge in [0.15, 0.2) is 0 Å². The lowest BCUT2D eigenvalue weighted by Gasteiger charge is -2.12. The molecule has 0 aliphatic carbocycles. The van der Waals surface area contributed by atoms with Crippen LogP contribution in [0.2, 0.25) is 0 Å². The second-order valence-corrected chi connectivity index (χ2v) is 5.56. The molecule has 27 heavy (non-hydrogen) atoms. The highest BCUT2D eigenvalue weighted by molar-refractivity contribution is 5.94. The van der Waals surface area contributed by atoms with Crippen LogP contribution in [0.1, 0.15) is 11.1 Å². The molecule has 1 atom stereocenters. The molecule has 0 aliphatic heterocycles. The summed E-state index contributed by atoms with van der Waals surface area (Å²) < 4.78 is 48.4. The van der Waals surface area contributed by atoms with Crippen molar-refractivity contribution in [3.8, 4) is 5.75 Å². The number of nitrogens with two attached hydrogens (primary N) is 1. The van der Waals surface area contributed by atoms with E-state index in [-0.39, 0.29) is 31.5 Å². The van der Waals surface area contributed by atoms with E-state index in [4.69, 9.17) is 15.2 Å². The van der Waals surface area contributed by atoms with Gasteiger partial charge in [0.1, 0.15) is 18.4 Å². The largest absolute Gasteiger partial charge is 0.489 e. The standard InChI is InChI=1S/C18H19F3N2O3.ClH/c1-25-11-16(22)17(24)23-14-5-7-15(8-6-14)26-10-12-3-2-4-13(9-12)18(19,20)21;/h2-9,16H,10-11,22H2,1H3,(H,23,24);1H. The third-order valence-electron chi connectivity index (χ3n) is 3.46. The van der Waals surface area contributed by atoms with Crippen LogP contribution in [0.3, 0.4) is 0 Å². The van der Waals surface area contributed by atoms with Gasteiger partial charge in [0, 0.05) is 12.8 Å². The summed E-state index contributed by atoms with van der Waals surface area (Å²) in [6.45, 7) is 0.0956. The van der Waals surface area contributed by atoms with Gasteiger partial charge in [0.2, 0.25) is 5.91 Å². The maximum Gasteiger partial charge on any atom is 0.416 e. The number of anilines is 1. The van der Waals surface area contributed by atoms with Crippen molar-refractivity contribution in [2.24, 2.45) is 5.73 Å². The summed E-state index contributed by atoms with van der Waals surface area (Å²) >= 11 is 0. The number of amides is 1. The van der Waals surface area contributed by atoms with E-state index < -0.39 is 17.8 Å². The van der Waals surface area contributed by atoms with Crippen molar-refractivity contribution in [3.05, 3.63) is 59.7 Å². The van der Waals surface area contributed by atoms with Crippen molar-refractivity contribution in [1.29, 1.82) is 0 Å². The number of hydrogen-bond acceptors (Lipinski definition) is 4. The monoisotopic (exact) mass is 404 g/mol. The Bertz CT molecular complexity index is 739. The number of halogens is 4. The molecular formula is C18H20ClF3N2O3. The zero-order chi connectivity index (χ0) is 19.2. The highest BCUT2D eigenvalue weighted by Crippen LogP contribution is 2.29. The van der Waals surface area contributed by atoms with E-state index in [1.54, 1.807) is 30.3 Å². The minimum atomic E-state index is -4.39. The van der Waals surface area contributed by atoms with E-state index >= 15 is 0 Å². The van der Waals surface area contributed by atoms with Crippen LogP contribution in [0.5, 0.6) is 5.75 Å². The number of hydrogen-bond donors (Lipinski definition) is 2. The summed E-state index contributed by atoms with van der Waals surface area (Å²) in [5.74, 6) is 0.0751. The van der Waals surface area contributed by atoms with E-state index in [9.17, 15) is 18.0 Å². The van der Waals surface area contributed by atoms with Crippen molar-refractivity contribution < 1.29 is 27.4 Å². The number of carbonyl (C=O) groups is 1. The third-order valence-corrected chi connectivity index (χ3v) is 3.46. The first-order valence-electron chi connectivity index (χ1n) is 7.74. The molecule has 2 aromatic rings. The van der Waals surface area contributed by atoms with Gasteiger partial charge in [-0.3, -0.25) is 4.79 Å². The molecule has 0 bridgehead atoms. The van der Waals surface area contributed by atoms with Gasteiger partial charge in [-0.1, -0.05) is 12.1 Å². The molecule has 0 saturated heterocycles. The SMILES string of the molecule is COCC(N)C(=O)Nc1ccc(OCc2cccc(C(F)(F)F)c2)cc1.Cl. The molecule has 148 valence electrons. The van der Waals surface area contributed by atoms with Crippen LogP contribution in [0.4, 0.5) is 18.9 Å². The summed E-state index contributed by atoms with van der Waals surface area (Å²) in [6.07, 6.45) is -4.39. The second-order valence-electron chi connectivity index (χ2n) is 5.56. The minimum Gasteiger partial charge on any atom is -0.489 e. The lowest BCUT2D eigenvalue weighted by molar-refractivity contribution is -0.137. The fourth-order valence-electron chi connectivity index (χ4n) is 2.13. The Labute approximate surface area is 161 Å². The first-order chi connectivity index (χ1) is 12.3. The summed E-state index contributed by atoms with van der Waals surface area (Å²) in [5, 5.41) is 2.63. The normalized spacial score (nSPS) is 12.0. The summed E-state index contributed by atoms with van der Waals surface area (Å²) in [6, 6.07) is 10.6. The average molecular weight is 405 g/mol. The van der Waals surface area contributed by atoms with Crippen LogP contribution in [0, 0.1) is 0 Å². The highest BCUT2D eigenvalue weighted by Gasteiger charge is 2.30. The Balaban J connectivity index is 0.00000364. The smallest absolute Gasteiger partial charge is 0.416 e. The Morgan fingerprint density at radius 2 is 1.85 bits per heavy atom. The Hall–Kier alpha value is -2.29. The predicted molar refractivity (Wildman–Crippen MR) is 97.9 cm³/mol. The molecule has 0 heterocycles. The predicted octanol–water partition coefficient (Wildman–Crippen LogP) is 3.62. The van der Waals surface area contributed by atoms with Crippen molar-refractivity contribution in [2.75, 3.05) is 19.0 Å². The molecule has 0 radical (unpaired) electrons. The second kappa shape index (κ2) is 10.1. The van der Waals surface area contributed by atoms with Gasteiger partial charge >= 0.3 is 6.18 Å². The Morgan fingerprint density at radius 1 is 1.19 bits per heavy atom. The van der Waals surface area contributed by atoms with Crippen molar-refractivity contribution in [1.82, 2.24) is 0 Å². The molecule has 0 aliphatic rings. The molecule has 5 nitrogen and oxygen atoms in total. The molecular weight excluding hydrogens is 385 g/mol. The summed E-state index contributed by atoms with van der Waals surface area (Å²) in [7, 11) is 1.45. The number of nitrogens with one attached hydrogen (secondary N) is 1. The van der Waals surface area contributed by atoms with Crippen molar-refractivity contribution in [2.45, 2.75) is 18.8 Å². The van der Waals surface area contributed by atoms with E-state index in [2.05, 4.69) is 5.32 Å². The Kier molecular flexibility index (Phi) is 8.55. The molecule has 0 fully saturated rings. The first kappa shape index (κ1) is 22.8. The average Bonchev–Trinajstić information content (AvgIpc) is 2.61. The number of benzene rings is 2. The molecule has 0 spiro atoms. The van der Waals surface area contributed by atoms with Crippen LogP contribution < -0.4 is 15.8 Å². The van der Waals surface area contributed by atoms with Crippen molar-refractivity contribution >= 4 is 24.0 Å². The number of ether oxygens (including phenoxy) is 2. The van der Waals surface area contributed by atoms with Crippen LogP contribution in [-0.4, -0.2) is 25.7 Å². The topological polar surface area (TPSA) is 73.6 Å². The molecule has 0 aromatic heterocycles. The number of methoxy groups -OCH3 is 1. The van der Waals surface area contributed by atoms with E-state index in [0.29, 0.717) is 17.0 Å². The molecule has 3 N–H and O–H groups in total. The van der Waals surface area contributed by atoms with Crippen LogP contribution in [-0.2, 0) is 22.3 Å². The highest BCUT2D eigenvalue weighted by atomic mass is 35.5. The van der Waals surface area contributed by atoms with Gasteiger partial charge in [0.05, 0.1) is 12.2 Å². The fourth-order valence-corrected chi connectivity index (χ4v) is 2.13. The molecule has 2 rings (SSSR count). The van der Waals surface area contributed by atoms with Gasteiger partial charge in [-0.25, -0.2) is 0 Å². The van der Waals surface area contributed by atoms with E-state index in [0.717, 1.165) is 12.1 Å². The minimum absolute atomic E-state index is 0. The lowest BCUT2D eigenvalue weighted by atomic mass is 10.1. The number of carbonyl (C=O) groups excluding carboxylic acids is 1. The Morgan fingerprint density at radius 3 is 2.44 bits per heavy atom. The summed E-state index contributed by atoms with van der Waals surface area (Å²) in [5.41, 5.74) is 5.83.